The molecule has 0 saturated heterocycles. The van der Waals surface area contributed by atoms with Gasteiger partial charge in [0.25, 0.3) is 70.9 Å². The third-order valence-electron chi connectivity index (χ3n) is 20.8. The van der Waals surface area contributed by atoms with E-state index in [1.165, 1.54) is 158 Å². The lowest BCUT2D eigenvalue weighted by molar-refractivity contribution is -0.121. The van der Waals surface area contributed by atoms with Crippen LogP contribution in [0.5, 0.6) is 0 Å². The number of aryl methyl sites for hydroxylation is 11. The first-order valence-corrected chi connectivity index (χ1v) is 43.2. The second kappa shape index (κ2) is 46.6. The standard InChI is InChI=1S/C86H110N34O18/c1-49(121)93-62-43-116(9)75(103-62)86(136)108-66-47-120(13)74(107-66)85(135)97-52-33-58(112(5)39-52)78(128)91-24-19-69(124)101-64-45-118(11)72(105-64)83(133)98-54-35-60(114(7)41-54)80(130)94-50-31-56(110(3)37-50)76(126)89-21-14-17-68(123)100-63-44-117(10)71(104-63)82(132)96-53-34-59(113(6)40-53)79(129)92-25-28-137-29-30-138-48-70(125)102-65-46-119(12)73(106-65)84(134)99-55-36-61(115(8)42-55)81(131)95-51-32-57(111(4)38-51)77(127)90-23-18-67(122)88-22-16-27-109(2)26-15-20-87/h31-47H,14-30,48,87H2,1-13H3,(H,88,122)(H,89,126)(H,90,127)(H,91,128)(H,92,129)(H,93,121)(H,94,130)(H,95,131)(H,96,132)(H,97,135)(H,98,133)(H,99,134)(H,100,123)(H,101,124)(H,102,125)(H,108,136). The summed E-state index contributed by atoms with van der Waals surface area (Å²) in [5.74, 6) is -8.39. The van der Waals surface area contributed by atoms with Gasteiger partial charge in [0.05, 0.1) is 53.9 Å². The van der Waals surface area contributed by atoms with Crippen molar-refractivity contribution in [3.05, 3.63) is 168 Å². The second-order valence-corrected chi connectivity index (χ2v) is 32.1. The summed E-state index contributed by atoms with van der Waals surface area (Å²) in [5, 5.41) is 43.0. The van der Waals surface area contributed by atoms with Crippen LogP contribution in [0.3, 0.4) is 0 Å². The highest BCUT2D eigenvalue weighted by Crippen LogP contribution is 2.25. The number of anilines is 11. The molecule has 52 nitrogen and oxygen atoms in total. The van der Waals surface area contributed by atoms with E-state index < -0.39 is 82.7 Å². The predicted octanol–water partition coefficient (Wildman–Crippen LogP) is 1.33. The molecule has 11 heterocycles. The van der Waals surface area contributed by atoms with Crippen molar-refractivity contribution in [1.29, 1.82) is 0 Å². The Bertz CT molecular complexity index is 6420. The molecule has 11 aromatic rings. The van der Waals surface area contributed by atoms with Crippen LogP contribution in [0.4, 0.5) is 63.2 Å². The lowest BCUT2D eigenvalue weighted by Gasteiger charge is -2.15. The lowest BCUT2D eigenvalue weighted by Crippen LogP contribution is -2.33. The minimum Gasteiger partial charge on any atom is -0.377 e. The fourth-order valence-electron chi connectivity index (χ4n) is 14.1. The van der Waals surface area contributed by atoms with Gasteiger partial charge in [-0.2, -0.15) is 0 Å². The summed E-state index contributed by atoms with van der Waals surface area (Å²) in [7, 11) is 19.4. The Labute approximate surface area is 788 Å². The molecule has 0 aliphatic carbocycles. The molecule has 52 heteroatoms. The average molecular weight is 1910 g/mol. The first-order valence-electron chi connectivity index (χ1n) is 43.2. The van der Waals surface area contributed by atoms with Crippen LogP contribution in [0, 0.1) is 0 Å². The number of aromatic nitrogens is 16. The van der Waals surface area contributed by atoms with Gasteiger partial charge in [0.15, 0.2) is 29.1 Å². The topological polar surface area (TPSA) is 632 Å². The fraction of sp³-hybridized carbons (Fsp3) is 0.360. The molecule has 18 N–H and O–H groups in total. The maximum Gasteiger partial charge on any atom is 0.292 e. The third kappa shape index (κ3) is 27.9. The molecular weight excluding hydrogens is 1800 g/mol. The number of nitrogens with two attached hydrogens (primary N) is 1. The van der Waals surface area contributed by atoms with E-state index in [-0.39, 0.29) is 211 Å². The zero-order chi connectivity index (χ0) is 99.9. The molecule has 138 heavy (non-hydrogen) atoms. The zero-order valence-electron chi connectivity index (χ0n) is 78.1. The van der Waals surface area contributed by atoms with Crippen LogP contribution in [0.1, 0.15) is 161 Å². The minimum atomic E-state index is -0.680. The van der Waals surface area contributed by atoms with E-state index in [1.54, 1.807) is 81.2 Å². The first-order chi connectivity index (χ1) is 65.7. The zero-order valence-corrected chi connectivity index (χ0v) is 78.1. The van der Waals surface area contributed by atoms with E-state index >= 15 is 0 Å². The van der Waals surface area contributed by atoms with Crippen molar-refractivity contribution >= 4 is 158 Å². The highest BCUT2D eigenvalue weighted by molar-refractivity contribution is 6.11. The van der Waals surface area contributed by atoms with E-state index in [2.05, 4.69) is 115 Å². The predicted molar refractivity (Wildman–Crippen MR) is 503 cm³/mol. The second-order valence-electron chi connectivity index (χ2n) is 32.1. The van der Waals surface area contributed by atoms with Crippen molar-refractivity contribution in [1.82, 2.24) is 107 Å². The van der Waals surface area contributed by atoms with Gasteiger partial charge in [0, 0.05) is 205 Å². The molecule has 0 unspecified atom stereocenters. The van der Waals surface area contributed by atoms with E-state index in [0.29, 0.717) is 18.8 Å². The number of nitrogens with zero attached hydrogens (tertiary/aromatic N) is 17. The molecule has 0 atom stereocenters. The van der Waals surface area contributed by atoms with Gasteiger partial charge in [-0.25, -0.2) is 24.9 Å². The van der Waals surface area contributed by atoms with E-state index in [9.17, 15) is 76.7 Å². The Morgan fingerprint density at radius 2 is 0.565 bits per heavy atom. The van der Waals surface area contributed by atoms with Crippen molar-refractivity contribution in [3.63, 3.8) is 0 Å². The quantitative estimate of drug-likeness (QED) is 0.0239. The molecule has 0 aliphatic rings. The Morgan fingerprint density at radius 3 is 0.928 bits per heavy atom. The van der Waals surface area contributed by atoms with Crippen LogP contribution in [-0.4, -0.2) is 260 Å². The Kier molecular flexibility index (Phi) is 34.3. The first kappa shape index (κ1) is 102. The largest absolute Gasteiger partial charge is 0.377 e. The number of ether oxygens (including phenoxy) is 2. The maximum atomic E-state index is 13.6. The van der Waals surface area contributed by atoms with Crippen LogP contribution in [-0.2, 0) is 111 Å². The molecule has 0 aliphatic heterocycles. The highest BCUT2D eigenvalue weighted by atomic mass is 16.5. The van der Waals surface area contributed by atoms with E-state index in [4.69, 9.17) is 15.2 Å². The molecule has 11 rings (SSSR count). The van der Waals surface area contributed by atoms with Crippen LogP contribution >= 0.6 is 0 Å². The van der Waals surface area contributed by atoms with Gasteiger partial charge < -0.3 is 155 Å². The van der Waals surface area contributed by atoms with Gasteiger partial charge >= 0.3 is 0 Å². The van der Waals surface area contributed by atoms with Crippen molar-refractivity contribution in [2.24, 2.45) is 83.3 Å². The van der Waals surface area contributed by atoms with Gasteiger partial charge in [-0.1, -0.05) is 0 Å². The molecule has 0 spiro atoms. The number of carbonyl (C=O) groups is 16. The molecule has 0 fully saturated rings. The monoisotopic (exact) mass is 1910 g/mol. The number of imidazole rings is 5. The van der Waals surface area contributed by atoms with Crippen molar-refractivity contribution in [2.45, 2.75) is 45.4 Å². The molecule has 0 bridgehead atoms. The summed E-state index contributed by atoms with van der Waals surface area (Å²) in [6, 6.07) is 8.72. The number of rotatable bonds is 47. The summed E-state index contributed by atoms with van der Waals surface area (Å²) in [5.41, 5.74) is 8.27. The molecule has 11 aromatic heterocycles. The van der Waals surface area contributed by atoms with Crippen molar-refractivity contribution in [3.8, 4) is 0 Å². The van der Waals surface area contributed by atoms with Gasteiger partial charge in [0.2, 0.25) is 52.8 Å². The Morgan fingerprint density at radius 1 is 0.283 bits per heavy atom. The molecule has 0 radical (unpaired) electrons. The van der Waals surface area contributed by atoms with Crippen molar-refractivity contribution < 1.29 is 86.2 Å². The molecule has 0 saturated carbocycles. The summed E-state index contributed by atoms with van der Waals surface area (Å²) in [6.45, 7) is 4.10. The van der Waals surface area contributed by atoms with Crippen molar-refractivity contribution in [2.75, 3.05) is 144 Å². The lowest BCUT2D eigenvalue weighted by atomic mass is 10.3. The molecule has 732 valence electrons. The van der Waals surface area contributed by atoms with E-state index in [0.717, 1.165) is 25.9 Å². The van der Waals surface area contributed by atoms with Gasteiger partial charge in [-0.3, -0.25) is 76.7 Å². The highest BCUT2D eigenvalue weighted by Gasteiger charge is 2.28. The summed E-state index contributed by atoms with van der Waals surface area (Å²) in [4.78, 5) is 232. The molecular formula is C86H110N34O18. The fourth-order valence-corrected chi connectivity index (χ4v) is 14.1. The van der Waals surface area contributed by atoms with Crippen LogP contribution in [0.2, 0.25) is 0 Å². The van der Waals surface area contributed by atoms with Gasteiger partial charge in [-0.05, 0) is 82.3 Å². The third-order valence-corrected chi connectivity index (χ3v) is 20.8. The Hall–Kier alpha value is -16.9. The number of carbonyl (C=O) groups excluding carboxylic acids is 16. The summed E-state index contributed by atoms with van der Waals surface area (Å²) in [6.07, 6.45) is 18.0. The summed E-state index contributed by atoms with van der Waals surface area (Å²) < 4.78 is 27.0. The smallest absolute Gasteiger partial charge is 0.292 e. The van der Waals surface area contributed by atoms with Crippen LogP contribution in [0.25, 0.3) is 0 Å². The molecule has 0 aromatic carbocycles. The SMILES string of the molecule is CC(=O)Nc1cn(C)c(C(=O)Nc2cn(C)c(C(=O)Nc3cc(C(=O)NCCC(=O)Nc4cn(C)c(C(=O)Nc5cc(C(=O)Nc6cc(C(=O)NCCCC(=O)Nc7cn(C)c(C(=O)Nc8cc(C(=O)NCCOCCOCC(=O)Nc9cn(C)c(C(=O)Nc%10cc(C(=O)Nc%11cc(C(=O)NCCC(=O)NCCCN(C)CCCN)n(C)c%11)n(C)c%10)n9)n(C)c8)n7)n(C)c6)n(C)c5)n4)n(C)c3)n2)n1. The Balaban J connectivity index is 0.523. The van der Waals surface area contributed by atoms with Crippen LogP contribution < -0.4 is 90.8 Å². The normalized spacial score (nSPS) is 11.1. The summed E-state index contributed by atoms with van der Waals surface area (Å²) >= 11 is 0. The van der Waals surface area contributed by atoms with Crippen LogP contribution in [0.15, 0.2) is 105 Å². The number of hydrogen-bond donors (Lipinski definition) is 17. The average Bonchev–Trinajstić information content (AvgIpc) is 1.69. The number of amides is 16. The number of hydrogen-bond acceptors (Lipinski definition) is 25. The van der Waals surface area contributed by atoms with Gasteiger partial charge in [-0.15, -0.1) is 0 Å². The minimum absolute atomic E-state index is 0.0130. The maximum absolute atomic E-state index is 13.6. The van der Waals surface area contributed by atoms with Gasteiger partial charge in [0.1, 0.15) is 40.8 Å². The van der Waals surface area contributed by atoms with E-state index in [1.807, 2.05) is 7.05 Å². The molecule has 16 amide bonds. The number of nitrogens with one attached hydrogen (secondary N) is 16.